The molecule has 0 aliphatic heterocycles. The SMILES string of the molecule is CCOCC(C)NC(CC)Cc1ccccc1. The van der Waals surface area contributed by atoms with Crippen LogP contribution in [0.3, 0.4) is 0 Å². The van der Waals surface area contributed by atoms with Gasteiger partial charge in [-0.05, 0) is 32.3 Å². The van der Waals surface area contributed by atoms with Crippen LogP contribution in [-0.4, -0.2) is 25.3 Å². The Hall–Kier alpha value is -0.860. The Kier molecular flexibility index (Phi) is 6.90. The lowest BCUT2D eigenvalue weighted by molar-refractivity contribution is 0.123. The maximum Gasteiger partial charge on any atom is 0.0616 e. The first-order valence-corrected chi connectivity index (χ1v) is 6.64. The highest BCUT2D eigenvalue weighted by atomic mass is 16.5. The molecule has 2 nitrogen and oxygen atoms in total. The lowest BCUT2D eigenvalue weighted by atomic mass is 10.0. The summed E-state index contributed by atoms with van der Waals surface area (Å²) in [5.74, 6) is 0. The summed E-state index contributed by atoms with van der Waals surface area (Å²) in [5.41, 5.74) is 1.40. The molecular weight excluding hydrogens is 210 g/mol. The molecule has 1 aromatic rings. The summed E-state index contributed by atoms with van der Waals surface area (Å²) >= 11 is 0. The number of ether oxygens (including phenoxy) is 1. The van der Waals surface area contributed by atoms with Gasteiger partial charge in [0.2, 0.25) is 0 Å². The minimum atomic E-state index is 0.420. The van der Waals surface area contributed by atoms with Gasteiger partial charge in [-0.3, -0.25) is 0 Å². The van der Waals surface area contributed by atoms with Gasteiger partial charge < -0.3 is 10.1 Å². The van der Waals surface area contributed by atoms with Gasteiger partial charge in [-0.25, -0.2) is 0 Å². The van der Waals surface area contributed by atoms with Crippen LogP contribution in [0.15, 0.2) is 30.3 Å². The average molecular weight is 235 g/mol. The molecule has 0 saturated carbocycles. The summed E-state index contributed by atoms with van der Waals surface area (Å²) < 4.78 is 5.43. The largest absolute Gasteiger partial charge is 0.380 e. The van der Waals surface area contributed by atoms with E-state index in [9.17, 15) is 0 Å². The normalized spacial score (nSPS) is 14.5. The summed E-state index contributed by atoms with van der Waals surface area (Å²) in [6.45, 7) is 8.04. The number of hydrogen-bond acceptors (Lipinski definition) is 2. The summed E-state index contributed by atoms with van der Waals surface area (Å²) in [6, 6.07) is 11.6. The predicted molar refractivity (Wildman–Crippen MR) is 73.3 cm³/mol. The Morgan fingerprint density at radius 2 is 1.88 bits per heavy atom. The fourth-order valence-electron chi connectivity index (χ4n) is 1.96. The van der Waals surface area contributed by atoms with Crippen LogP contribution in [0, 0.1) is 0 Å². The molecule has 96 valence electrons. The number of nitrogens with one attached hydrogen (secondary N) is 1. The molecule has 0 aliphatic carbocycles. The summed E-state index contributed by atoms with van der Waals surface area (Å²) in [7, 11) is 0. The lowest BCUT2D eigenvalue weighted by Crippen LogP contribution is -2.40. The highest BCUT2D eigenvalue weighted by Crippen LogP contribution is 2.06. The minimum Gasteiger partial charge on any atom is -0.380 e. The molecule has 0 aromatic heterocycles. The smallest absolute Gasteiger partial charge is 0.0616 e. The van der Waals surface area contributed by atoms with E-state index in [0.29, 0.717) is 12.1 Å². The average Bonchev–Trinajstić information content (AvgIpc) is 2.36. The standard InChI is InChI=1S/C15H25NO/c1-4-15(16-13(3)12-17-5-2)11-14-9-7-6-8-10-14/h6-10,13,15-16H,4-5,11-12H2,1-3H3. The first kappa shape index (κ1) is 14.2. The van der Waals surface area contributed by atoms with Crippen molar-refractivity contribution < 1.29 is 4.74 Å². The van der Waals surface area contributed by atoms with Crippen LogP contribution >= 0.6 is 0 Å². The van der Waals surface area contributed by atoms with Crippen LogP contribution in [0.5, 0.6) is 0 Å². The topological polar surface area (TPSA) is 21.3 Å². The molecule has 2 unspecified atom stereocenters. The molecule has 0 saturated heterocycles. The zero-order valence-electron chi connectivity index (χ0n) is 11.3. The second kappa shape index (κ2) is 8.26. The van der Waals surface area contributed by atoms with Crippen molar-refractivity contribution in [1.82, 2.24) is 5.32 Å². The van der Waals surface area contributed by atoms with Crippen LogP contribution in [0.2, 0.25) is 0 Å². The summed E-state index contributed by atoms with van der Waals surface area (Å²) in [4.78, 5) is 0. The molecule has 0 aliphatic rings. The molecular formula is C15H25NO. The van der Waals surface area contributed by atoms with E-state index in [1.807, 2.05) is 6.92 Å². The molecule has 17 heavy (non-hydrogen) atoms. The third-order valence-electron chi connectivity index (χ3n) is 2.91. The van der Waals surface area contributed by atoms with Crippen molar-refractivity contribution in [3.63, 3.8) is 0 Å². The maximum absolute atomic E-state index is 5.43. The zero-order chi connectivity index (χ0) is 12.5. The number of benzene rings is 1. The van der Waals surface area contributed by atoms with Crippen LogP contribution in [0.1, 0.15) is 32.8 Å². The highest BCUT2D eigenvalue weighted by Gasteiger charge is 2.10. The molecule has 0 spiro atoms. The van der Waals surface area contributed by atoms with Crippen LogP contribution in [-0.2, 0) is 11.2 Å². The van der Waals surface area contributed by atoms with Gasteiger partial charge in [0, 0.05) is 18.7 Å². The van der Waals surface area contributed by atoms with Crippen molar-refractivity contribution in [2.24, 2.45) is 0 Å². The van der Waals surface area contributed by atoms with Crippen molar-refractivity contribution in [2.75, 3.05) is 13.2 Å². The Bertz CT molecular complexity index is 286. The van der Waals surface area contributed by atoms with E-state index in [1.54, 1.807) is 0 Å². The molecule has 0 bridgehead atoms. The van der Waals surface area contributed by atoms with Crippen molar-refractivity contribution in [3.05, 3.63) is 35.9 Å². The minimum absolute atomic E-state index is 0.420. The third-order valence-corrected chi connectivity index (χ3v) is 2.91. The Labute approximate surface area is 105 Å². The molecule has 1 rings (SSSR count). The van der Waals surface area contributed by atoms with E-state index in [1.165, 1.54) is 5.56 Å². The number of rotatable bonds is 8. The fourth-order valence-corrected chi connectivity index (χ4v) is 1.96. The molecule has 0 heterocycles. The summed E-state index contributed by atoms with van der Waals surface area (Å²) in [5, 5.41) is 3.62. The number of hydrogen-bond donors (Lipinski definition) is 1. The quantitative estimate of drug-likeness (QED) is 0.748. The molecule has 1 aromatic carbocycles. The van der Waals surface area contributed by atoms with E-state index in [4.69, 9.17) is 4.74 Å². The first-order chi connectivity index (χ1) is 8.26. The van der Waals surface area contributed by atoms with Gasteiger partial charge in [-0.15, -0.1) is 0 Å². The van der Waals surface area contributed by atoms with E-state index in [-0.39, 0.29) is 0 Å². The van der Waals surface area contributed by atoms with Gasteiger partial charge in [-0.2, -0.15) is 0 Å². The summed E-state index contributed by atoms with van der Waals surface area (Å²) in [6.07, 6.45) is 2.24. The van der Waals surface area contributed by atoms with Crippen molar-refractivity contribution in [3.8, 4) is 0 Å². The van der Waals surface area contributed by atoms with Crippen LogP contribution in [0.25, 0.3) is 0 Å². The molecule has 0 amide bonds. The fraction of sp³-hybridized carbons (Fsp3) is 0.600. The molecule has 0 fully saturated rings. The second-order valence-corrected chi connectivity index (χ2v) is 4.52. The first-order valence-electron chi connectivity index (χ1n) is 6.64. The van der Waals surface area contributed by atoms with Crippen LogP contribution < -0.4 is 5.32 Å². The lowest BCUT2D eigenvalue weighted by Gasteiger charge is -2.22. The van der Waals surface area contributed by atoms with E-state index < -0.39 is 0 Å². The van der Waals surface area contributed by atoms with E-state index >= 15 is 0 Å². The van der Waals surface area contributed by atoms with Gasteiger partial charge >= 0.3 is 0 Å². The third kappa shape index (κ3) is 5.85. The van der Waals surface area contributed by atoms with Gasteiger partial charge in [0.1, 0.15) is 0 Å². The van der Waals surface area contributed by atoms with Crippen LogP contribution in [0.4, 0.5) is 0 Å². The molecule has 1 N–H and O–H groups in total. The Balaban J connectivity index is 2.38. The van der Waals surface area contributed by atoms with Gasteiger partial charge in [0.05, 0.1) is 6.61 Å². The predicted octanol–water partition coefficient (Wildman–Crippen LogP) is 3.02. The zero-order valence-corrected chi connectivity index (χ0v) is 11.3. The Morgan fingerprint density at radius 1 is 1.18 bits per heavy atom. The Morgan fingerprint density at radius 3 is 2.47 bits per heavy atom. The molecule has 2 heteroatoms. The van der Waals surface area contributed by atoms with Crippen molar-refractivity contribution >= 4 is 0 Å². The van der Waals surface area contributed by atoms with E-state index in [2.05, 4.69) is 49.5 Å². The highest BCUT2D eigenvalue weighted by molar-refractivity contribution is 5.15. The maximum atomic E-state index is 5.43. The van der Waals surface area contributed by atoms with Gasteiger partial charge in [-0.1, -0.05) is 37.3 Å². The van der Waals surface area contributed by atoms with Crippen molar-refractivity contribution in [1.29, 1.82) is 0 Å². The second-order valence-electron chi connectivity index (χ2n) is 4.52. The monoisotopic (exact) mass is 235 g/mol. The molecule has 0 radical (unpaired) electrons. The van der Waals surface area contributed by atoms with Gasteiger partial charge in [0.15, 0.2) is 0 Å². The van der Waals surface area contributed by atoms with Crippen molar-refractivity contribution in [2.45, 2.75) is 45.7 Å². The van der Waals surface area contributed by atoms with Gasteiger partial charge in [0.25, 0.3) is 0 Å². The van der Waals surface area contributed by atoms with E-state index in [0.717, 1.165) is 26.1 Å². The molecule has 2 atom stereocenters.